The van der Waals surface area contributed by atoms with Crippen LogP contribution in [0.4, 0.5) is 13.2 Å². The third kappa shape index (κ3) is 2.28. The second kappa shape index (κ2) is 5.44. The van der Waals surface area contributed by atoms with Crippen LogP contribution in [0.5, 0.6) is 0 Å². The molecular formula is C14H16F3NO2. The second-order valence-electron chi connectivity index (χ2n) is 5.02. The van der Waals surface area contributed by atoms with Gasteiger partial charge in [0.25, 0.3) is 0 Å². The van der Waals surface area contributed by atoms with Gasteiger partial charge in [0.2, 0.25) is 0 Å². The number of carboxylic acids is 1. The average molecular weight is 287 g/mol. The Morgan fingerprint density at radius 3 is 2.35 bits per heavy atom. The maximum Gasteiger partial charge on any atom is 0.409 e. The standard InChI is InChI=1S/C14H16F3NO2/c15-14(16,17)13(12(19)20,10-5-2-1-3-6-10)11-7-4-8-18-9-11/h1-3,5-6,11,18H,4,7-9H2,(H,19,20). The van der Waals surface area contributed by atoms with Crippen molar-refractivity contribution < 1.29 is 23.1 Å². The molecule has 1 aromatic carbocycles. The lowest BCUT2D eigenvalue weighted by atomic mass is 9.67. The van der Waals surface area contributed by atoms with Gasteiger partial charge >= 0.3 is 12.1 Å². The fourth-order valence-electron chi connectivity index (χ4n) is 2.97. The molecule has 6 heteroatoms. The predicted molar refractivity (Wildman–Crippen MR) is 67.4 cm³/mol. The van der Waals surface area contributed by atoms with E-state index < -0.39 is 23.5 Å². The van der Waals surface area contributed by atoms with Crippen molar-refractivity contribution in [3.05, 3.63) is 35.9 Å². The summed E-state index contributed by atoms with van der Waals surface area (Å²) in [6.45, 7) is 0.680. The molecule has 0 spiro atoms. The van der Waals surface area contributed by atoms with E-state index in [1.165, 1.54) is 24.3 Å². The molecule has 1 heterocycles. The first-order valence-electron chi connectivity index (χ1n) is 6.47. The van der Waals surface area contributed by atoms with Crippen LogP contribution in [-0.4, -0.2) is 30.3 Å². The fourth-order valence-corrected chi connectivity index (χ4v) is 2.97. The first-order valence-corrected chi connectivity index (χ1v) is 6.47. The summed E-state index contributed by atoms with van der Waals surface area (Å²) in [6.07, 6.45) is -4.06. The quantitative estimate of drug-likeness (QED) is 0.898. The van der Waals surface area contributed by atoms with E-state index >= 15 is 0 Å². The number of nitrogens with one attached hydrogen (secondary N) is 1. The molecule has 1 fully saturated rings. The SMILES string of the molecule is O=C(O)C(c1ccccc1)(C1CCCNC1)C(F)(F)F. The molecule has 0 aliphatic carbocycles. The molecule has 1 saturated heterocycles. The number of carboxylic acid groups (broad SMARTS) is 1. The zero-order valence-electron chi connectivity index (χ0n) is 10.8. The van der Waals surface area contributed by atoms with Crippen LogP contribution in [0.25, 0.3) is 0 Å². The van der Waals surface area contributed by atoms with Crippen LogP contribution in [0, 0.1) is 5.92 Å². The van der Waals surface area contributed by atoms with Crippen molar-refractivity contribution in [2.24, 2.45) is 5.92 Å². The summed E-state index contributed by atoms with van der Waals surface area (Å²) in [5.41, 5.74) is -3.05. The zero-order valence-corrected chi connectivity index (χ0v) is 10.8. The van der Waals surface area contributed by atoms with E-state index in [1.54, 1.807) is 6.07 Å². The van der Waals surface area contributed by atoms with Gasteiger partial charge in [-0.05, 0) is 31.5 Å². The van der Waals surface area contributed by atoms with E-state index in [0.29, 0.717) is 13.0 Å². The highest BCUT2D eigenvalue weighted by Gasteiger charge is 2.65. The minimum Gasteiger partial charge on any atom is -0.480 e. The van der Waals surface area contributed by atoms with E-state index in [2.05, 4.69) is 5.32 Å². The van der Waals surface area contributed by atoms with Gasteiger partial charge in [-0.3, -0.25) is 4.79 Å². The van der Waals surface area contributed by atoms with E-state index in [1.807, 2.05) is 0 Å². The lowest BCUT2D eigenvalue weighted by molar-refractivity contribution is -0.219. The molecule has 110 valence electrons. The number of alkyl halides is 3. The zero-order chi connectivity index (χ0) is 14.8. The number of rotatable bonds is 3. The third-order valence-corrected chi connectivity index (χ3v) is 3.92. The monoisotopic (exact) mass is 287 g/mol. The normalized spacial score (nSPS) is 23.1. The summed E-state index contributed by atoms with van der Waals surface area (Å²) in [6, 6.07) is 6.95. The lowest BCUT2D eigenvalue weighted by Gasteiger charge is -2.41. The molecule has 3 nitrogen and oxygen atoms in total. The largest absolute Gasteiger partial charge is 0.480 e. The van der Waals surface area contributed by atoms with Crippen molar-refractivity contribution in [3.8, 4) is 0 Å². The topological polar surface area (TPSA) is 49.3 Å². The highest BCUT2D eigenvalue weighted by atomic mass is 19.4. The van der Waals surface area contributed by atoms with E-state index in [4.69, 9.17) is 0 Å². The molecule has 0 aromatic heterocycles. The summed E-state index contributed by atoms with van der Waals surface area (Å²) < 4.78 is 41.1. The molecular weight excluding hydrogens is 271 g/mol. The number of halogens is 3. The lowest BCUT2D eigenvalue weighted by Crippen LogP contribution is -2.58. The highest BCUT2D eigenvalue weighted by Crippen LogP contribution is 2.48. The molecule has 0 amide bonds. The fraction of sp³-hybridized carbons (Fsp3) is 0.500. The van der Waals surface area contributed by atoms with Gasteiger partial charge in [-0.1, -0.05) is 30.3 Å². The van der Waals surface area contributed by atoms with Gasteiger partial charge < -0.3 is 10.4 Å². The van der Waals surface area contributed by atoms with Crippen LogP contribution < -0.4 is 5.32 Å². The number of aliphatic carboxylic acids is 1. The Bertz CT molecular complexity index is 469. The smallest absolute Gasteiger partial charge is 0.409 e. The van der Waals surface area contributed by atoms with Crippen molar-refractivity contribution in [3.63, 3.8) is 0 Å². The number of benzene rings is 1. The van der Waals surface area contributed by atoms with Gasteiger partial charge in [0.05, 0.1) is 0 Å². The highest BCUT2D eigenvalue weighted by molar-refractivity contribution is 5.83. The van der Waals surface area contributed by atoms with Gasteiger partial charge in [0.15, 0.2) is 5.41 Å². The van der Waals surface area contributed by atoms with E-state index in [9.17, 15) is 23.1 Å². The molecule has 2 unspecified atom stereocenters. The summed E-state index contributed by atoms with van der Waals surface area (Å²) in [5.74, 6) is -2.83. The molecule has 2 atom stereocenters. The molecule has 0 saturated carbocycles. The second-order valence-corrected chi connectivity index (χ2v) is 5.02. The van der Waals surface area contributed by atoms with Crippen molar-refractivity contribution in [2.75, 3.05) is 13.1 Å². The Hall–Kier alpha value is -1.56. The van der Waals surface area contributed by atoms with Crippen molar-refractivity contribution in [1.29, 1.82) is 0 Å². The Morgan fingerprint density at radius 1 is 1.25 bits per heavy atom. The van der Waals surface area contributed by atoms with Gasteiger partial charge in [0, 0.05) is 5.92 Å². The molecule has 2 rings (SSSR count). The summed E-state index contributed by atoms with van der Waals surface area (Å²) in [7, 11) is 0. The molecule has 0 radical (unpaired) electrons. The number of carbonyl (C=O) groups is 1. The molecule has 0 bridgehead atoms. The molecule has 20 heavy (non-hydrogen) atoms. The van der Waals surface area contributed by atoms with Crippen LogP contribution in [0.3, 0.4) is 0 Å². The van der Waals surface area contributed by atoms with Crippen LogP contribution in [0.1, 0.15) is 18.4 Å². The molecule has 1 aliphatic rings. The van der Waals surface area contributed by atoms with Crippen LogP contribution in [0.2, 0.25) is 0 Å². The van der Waals surface area contributed by atoms with Crippen LogP contribution >= 0.6 is 0 Å². The van der Waals surface area contributed by atoms with Gasteiger partial charge in [-0.15, -0.1) is 0 Å². The molecule has 1 aliphatic heterocycles. The molecule has 2 N–H and O–H groups in total. The van der Waals surface area contributed by atoms with Crippen molar-refractivity contribution in [1.82, 2.24) is 5.32 Å². The van der Waals surface area contributed by atoms with Gasteiger partial charge in [-0.25, -0.2) is 0 Å². The van der Waals surface area contributed by atoms with Crippen LogP contribution in [-0.2, 0) is 10.2 Å². The minimum absolute atomic E-state index is 0.0563. The Morgan fingerprint density at radius 2 is 1.90 bits per heavy atom. The maximum atomic E-state index is 13.7. The summed E-state index contributed by atoms with van der Waals surface area (Å²) in [5, 5.41) is 12.3. The van der Waals surface area contributed by atoms with Crippen molar-refractivity contribution in [2.45, 2.75) is 24.4 Å². The Balaban J connectivity index is 2.59. The maximum absolute atomic E-state index is 13.7. The number of hydrogen-bond acceptors (Lipinski definition) is 2. The van der Waals surface area contributed by atoms with Crippen LogP contribution in [0.15, 0.2) is 30.3 Å². The number of hydrogen-bond donors (Lipinski definition) is 2. The van der Waals surface area contributed by atoms with E-state index in [-0.39, 0.29) is 18.5 Å². The van der Waals surface area contributed by atoms with E-state index in [0.717, 1.165) is 0 Å². The minimum atomic E-state index is -4.84. The van der Waals surface area contributed by atoms with Gasteiger partial charge in [-0.2, -0.15) is 13.2 Å². The van der Waals surface area contributed by atoms with Crippen molar-refractivity contribution >= 4 is 5.97 Å². The molecule has 1 aromatic rings. The first-order chi connectivity index (χ1) is 9.40. The Labute approximate surface area is 114 Å². The third-order valence-electron chi connectivity index (χ3n) is 3.92. The van der Waals surface area contributed by atoms with Gasteiger partial charge in [0.1, 0.15) is 0 Å². The Kier molecular flexibility index (Phi) is 4.04. The number of piperidine rings is 1. The summed E-state index contributed by atoms with van der Waals surface area (Å²) >= 11 is 0. The first kappa shape index (κ1) is 14.8. The summed E-state index contributed by atoms with van der Waals surface area (Å²) in [4.78, 5) is 11.6. The predicted octanol–water partition coefficient (Wildman–Crippen LogP) is 2.57. The average Bonchev–Trinajstić information content (AvgIpc) is 2.40.